The topological polar surface area (TPSA) is 65.4 Å². The summed E-state index contributed by atoms with van der Waals surface area (Å²) in [5, 5.41) is 23.0. The normalized spacial score (nSPS) is 14.8. The molecule has 0 fully saturated rings. The Bertz CT molecular complexity index is 350. The van der Waals surface area contributed by atoms with E-state index in [4.69, 9.17) is 23.2 Å². The van der Waals surface area contributed by atoms with Gasteiger partial charge in [-0.3, -0.25) is 0 Å². The van der Waals surface area contributed by atoms with Gasteiger partial charge >= 0.3 is 0 Å². The van der Waals surface area contributed by atoms with E-state index in [1.54, 1.807) is 7.05 Å². The van der Waals surface area contributed by atoms with Crippen LogP contribution in [0.3, 0.4) is 0 Å². The Hall–Kier alpha value is -0.390. The molecule has 3 N–H and O–H groups in total. The predicted octanol–water partition coefficient (Wildman–Crippen LogP) is 1.39. The molecule has 0 aliphatic rings. The SMILES string of the molecule is CNCCC(O)C(O)c1cc(Cl)cnc1Cl. The highest BCUT2D eigenvalue weighted by Gasteiger charge is 2.21. The molecule has 1 aromatic rings. The van der Waals surface area contributed by atoms with Crippen LogP contribution in [-0.4, -0.2) is 34.9 Å². The summed E-state index contributed by atoms with van der Waals surface area (Å²) in [6.45, 7) is 0.601. The minimum absolute atomic E-state index is 0.153. The van der Waals surface area contributed by atoms with Crippen LogP contribution in [0.25, 0.3) is 0 Å². The fourth-order valence-corrected chi connectivity index (χ4v) is 1.68. The second kappa shape index (κ2) is 6.37. The van der Waals surface area contributed by atoms with E-state index in [-0.39, 0.29) is 5.15 Å². The van der Waals surface area contributed by atoms with Crippen LogP contribution in [0.5, 0.6) is 0 Å². The molecule has 0 spiro atoms. The first-order valence-electron chi connectivity index (χ1n) is 4.88. The lowest BCUT2D eigenvalue weighted by atomic mass is 10.0. The number of aliphatic hydroxyl groups excluding tert-OH is 2. The van der Waals surface area contributed by atoms with Crippen molar-refractivity contribution in [3.8, 4) is 0 Å². The van der Waals surface area contributed by atoms with E-state index in [0.717, 1.165) is 0 Å². The third-order valence-corrected chi connectivity index (χ3v) is 2.73. The molecule has 0 aliphatic heterocycles. The molecule has 0 amide bonds. The highest BCUT2D eigenvalue weighted by molar-refractivity contribution is 6.32. The fourth-order valence-electron chi connectivity index (χ4n) is 1.30. The summed E-state index contributed by atoms with van der Waals surface area (Å²) in [7, 11) is 1.77. The largest absolute Gasteiger partial charge is 0.390 e. The Balaban J connectivity index is 2.78. The first kappa shape index (κ1) is 13.7. The number of aromatic nitrogens is 1. The van der Waals surface area contributed by atoms with Gasteiger partial charge in [-0.2, -0.15) is 0 Å². The third-order valence-electron chi connectivity index (χ3n) is 2.21. The summed E-state index contributed by atoms with van der Waals surface area (Å²) in [4.78, 5) is 3.81. The van der Waals surface area contributed by atoms with Crippen LogP contribution in [0.4, 0.5) is 0 Å². The maximum absolute atomic E-state index is 9.86. The van der Waals surface area contributed by atoms with Crippen molar-refractivity contribution in [2.75, 3.05) is 13.6 Å². The number of hydrogen-bond donors (Lipinski definition) is 3. The van der Waals surface area contributed by atoms with Gasteiger partial charge in [-0.25, -0.2) is 4.98 Å². The Morgan fingerprint density at radius 2 is 2.12 bits per heavy atom. The maximum Gasteiger partial charge on any atom is 0.135 e. The van der Waals surface area contributed by atoms with Gasteiger partial charge in [0.15, 0.2) is 0 Å². The zero-order valence-electron chi connectivity index (χ0n) is 8.82. The average Bonchev–Trinajstić information content (AvgIpc) is 2.28. The number of rotatable bonds is 5. The number of hydrogen-bond acceptors (Lipinski definition) is 4. The van der Waals surface area contributed by atoms with Gasteiger partial charge in [-0.1, -0.05) is 23.2 Å². The molecule has 0 saturated carbocycles. The van der Waals surface area contributed by atoms with Gasteiger partial charge in [-0.15, -0.1) is 0 Å². The van der Waals surface area contributed by atoms with Gasteiger partial charge in [0.2, 0.25) is 0 Å². The van der Waals surface area contributed by atoms with Crippen molar-refractivity contribution < 1.29 is 10.2 Å². The van der Waals surface area contributed by atoms with E-state index >= 15 is 0 Å². The molecule has 0 saturated heterocycles. The van der Waals surface area contributed by atoms with Crippen molar-refractivity contribution in [3.05, 3.63) is 28.0 Å². The second-order valence-corrected chi connectivity index (χ2v) is 4.23. The molecule has 0 bridgehead atoms. The summed E-state index contributed by atoms with van der Waals surface area (Å²) < 4.78 is 0. The molecular formula is C10H14Cl2N2O2. The molecule has 1 rings (SSSR count). The third kappa shape index (κ3) is 3.57. The first-order valence-corrected chi connectivity index (χ1v) is 5.63. The summed E-state index contributed by atoms with van der Waals surface area (Å²) in [5.74, 6) is 0. The van der Waals surface area contributed by atoms with Crippen LogP contribution in [0.15, 0.2) is 12.3 Å². The minimum Gasteiger partial charge on any atom is -0.390 e. The summed E-state index contributed by atoms with van der Waals surface area (Å²) in [5.41, 5.74) is 0.345. The fraction of sp³-hybridized carbons (Fsp3) is 0.500. The lowest BCUT2D eigenvalue weighted by Crippen LogP contribution is -2.23. The number of halogens is 2. The van der Waals surface area contributed by atoms with Crippen LogP contribution < -0.4 is 5.32 Å². The molecule has 4 nitrogen and oxygen atoms in total. The lowest BCUT2D eigenvalue weighted by Gasteiger charge is -2.18. The highest BCUT2D eigenvalue weighted by Crippen LogP contribution is 2.27. The van der Waals surface area contributed by atoms with Gasteiger partial charge in [0.1, 0.15) is 11.3 Å². The highest BCUT2D eigenvalue weighted by atomic mass is 35.5. The molecule has 1 aromatic heterocycles. The van der Waals surface area contributed by atoms with Gasteiger partial charge in [0.25, 0.3) is 0 Å². The van der Waals surface area contributed by atoms with Crippen LogP contribution in [0.1, 0.15) is 18.1 Å². The molecule has 1 heterocycles. The molecule has 2 atom stereocenters. The van der Waals surface area contributed by atoms with Crippen molar-refractivity contribution in [2.45, 2.75) is 18.6 Å². The van der Waals surface area contributed by atoms with E-state index in [9.17, 15) is 10.2 Å². The zero-order chi connectivity index (χ0) is 12.1. The molecule has 0 aromatic carbocycles. The van der Waals surface area contributed by atoms with Crippen molar-refractivity contribution in [1.29, 1.82) is 0 Å². The summed E-state index contributed by atoms with van der Waals surface area (Å²) in [6.07, 6.45) is -0.169. The molecule has 0 radical (unpaired) electrons. The summed E-state index contributed by atoms with van der Waals surface area (Å²) in [6, 6.07) is 1.50. The van der Waals surface area contributed by atoms with E-state index in [1.165, 1.54) is 12.3 Å². The van der Waals surface area contributed by atoms with Gasteiger partial charge in [-0.05, 0) is 26.1 Å². The van der Waals surface area contributed by atoms with Crippen LogP contribution in [0, 0.1) is 0 Å². The van der Waals surface area contributed by atoms with Crippen LogP contribution in [-0.2, 0) is 0 Å². The number of aliphatic hydroxyl groups is 2. The lowest BCUT2D eigenvalue weighted by molar-refractivity contribution is 0.0139. The van der Waals surface area contributed by atoms with Crippen LogP contribution >= 0.6 is 23.2 Å². The maximum atomic E-state index is 9.86. The Morgan fingerprint density at radius 3 is 2.75 bits per heavy atom. The van der Waals surface area contributed by atoms with Crippen molar-refractivity contribution in [2.24, 2.45) is 0 Å². The van der Waals surface area contributed by atoms with Crippen molar-refractivity contribution in [3.63, 3.8) is 0 Å². The molecular weight excluding hydrogens is 251 g/mol. The summed E-state index contributed by atoms with van der Waals surface area (Å²) >= 11 is 11.6. The Morgan fingerprint density at radius 1 is 1.44 bits per heavy atom. The molecule has 2 unspecified atom stereocenters. The van der Waals surface area contributed by atoms with E-state index < -0.39 is 12.2 Å². The quantitative estimate of drug-likeness (QED) is 0.704. The Kier molecular flexibility index (Phi) is 5.44. The van der Waals surface area contributed by atoms with Gasteiger partial charge < -0.3 is 15.5 Å². The second-order valence-electron chi connectivity index (χ2n) is 3.44. The molecule has 6 heteroatoms. The predicted molar refractivity (Wildman–Crippen MR) is 63.8 cm³/mol. The van der Waals surface area contributed by atoms with E-state index in [1.807, 2.05) is 0 Å². The smallest absolute Gasteiger partial charge is 0.135 e. The molecule has 16 heavy (non-hydrogen) atoms. The van der Waals surface area contributed by atoms with Gasteiger partial charge in [0, 0.05) is 11.8 Å². The first-order chi connectivity index (χ1) is 7.56. The van der Waals surface area contributed by atoms with E-state index in [0.29, 0.717) is 23.6 Å². The standard InChI is InChI=1S/C10H14Cl2N2O2/c1-13-3-2-8(15)9(16)7-4-6(11)5-14-10(7)12/h4-5,8-9,13,15-16H,2-3H2,1H3. The number of nitrogens with zero attached hydrogens (tertiary/aromatic N) is 1. The van der Waals surface area contributed by atoms with Crippen molar-refractivity contribution in [1.82, 2.24) is 10.3 Å². The molecule has 90 valence electrons. The molecule has 0 aliphatic carbocycles. The van der Waals surface area contributed by atoms with Crippen molar-refractivity contribution >= 4 is 23.2 Å². The van der Waals surface area contributed by atoms with Gasteiger partial charge in [0.05, 0.1) is 11.1 Å². The monoisotopic (exact) mass is 264 g/mol. The van der Waals surface area contributed by atoms with E-state index in [2.05, 4.69) is 10.3 Å². The number of pyridine rings is 1. The zero-order valence-corrected chi connectivity index (χ0v) is 10.3. The average molecular weight is 265 g/mol. The number of nitrogens with one attached hydrogen (secondary N) is 1. The minimum atomic E-state index is -1.08. The van der Waals surface area contributed by atoms with Crippen LogP contribution in [0.2, 0.25) is 10.2 Å². The Labute approximate surface area is 104 Å².